The lowest BCUT2D eigenvalue weighted by Crippen LogP contribution is -2.44. The fraction of sp³-hybridized carbons (Fsp3) is 0.304. The van der Waals surface area contributed by atoms with E-state index >= 15 is 0 Å². The summed E-state index contributed by atoms with van der Waals surface area (Å²) in [4.78, 5) is 24.7. The van der Waals surface area contributed by atoms with Crippen LogP contribution in [0.1, 0.15) is 30.5 Å². The third-order valence-corrected chi connectivity index (χ3v) is 4.45. The van der Waals surface area contributed by atoms with E-state index in [1.165, 1.54) is 24.3 Å². The van der Waals surface area contributed by atoms with E-state index in [9.17, 15) is 22.8 Å². The molecule has 1 N–H and O–H groups in total. The maximum Gasteiger partial charge on any atom is 0.416 e. The number of alkyl halides is 3. The van der Waals surface area contributed by atoms with Crippen molar-refractivity contribution in [3.05, 3.63) is 71.3 Å². The van der Waals surface area contributed by atoms with Gasteiger partial charge in [0, 0.05) is 11.6 Å². The molecule has 0 aromatic heterocycles. The first kappa shape index (κ1) is 24.0. The lowest BCUT2D eigenvalue weighted by atomic mass is 10.0. The predicted molar refractivity (Wildman–Crippen MR) is 110 cm³/mol. The second-order valence-corrected chi connectivity index (χ2v) is 7.10. The van der Waals surface area contributed by atoms with Crippen LogP contribution < -0.4 is 10.1 Å². The summed E-state index contributed by atoms with van der Waals surface area (Å²) in [5.74, 6) is -0.986. The maximum absolute atomic E-state index is 13.1. The Morgan fingerprint density at radius 2 is 1.71 bits per heavy atom. The van der Waals surface area contributed by atoms with Gasteiger partial charge < -0.3 is 14.8 Å². The van der Waals surface area contributed by atoms with E-state index in [-0.39, 0.29) is 11.5 Å². The second-order valence-electron chi connectivity index (χ2n) is 7.10. The molecule has 0 radical (unpaired) electrons. The molecule has 166 valence electrons. The zero-order chi connectivity index (χ0) is 23.0. The monoisotopic (exact) mass is 435 g/mol. The number of hydrogen-bond acceptors (Lipinski definition) is 4. The highest BCUT2D eigenvalue weighted by atomic mass is 19.4. The van der Waals surface area contributed by atoms with Gasteiger partial charge in [-0.05, 0) is 35.8 Å². The van der Waals surface area contributed by atoms with Crippen LogP contribution in [0.5, 0.6) is 5.75 Å². The summed E-state index contributed by atoms with van der Waals surface area (Å²) in [6.45, 7) is 2.85. The standard InChI is InChI=1S/C23H24F3NO4/c1-15(2)21(27-20(28)13-10-16-8-11-18(30-3)12-9-16)22(29)31-14-17-6-4-5-7-19(17)23(24,25)26/h4-13,15,21H,14H2,1-3H3,(H,27,28)/b13-10+/t21-/m1/s1. The molecule has 0 heterocycles. The van der Waals surface area contributed by atoms with Crippen LogP contribution in [0.25, 0.3) is 6.08 Å². The van der Waals surface area contributed by atoms with Crippen molar-refractivity contribution in [3.8, 4) is 5.75 Å². The minimum absolute atomic E-state index is 0.156. The molecule has 1 amide bonds. The third kappa shape index (κ3) is 7.16. The van der Waals surface area contributed by atoms with Gasteiger partial charge >= 0.3 is 12.1 Å². The molecular formula is C23H24F3NO4. The summed E-state index contributed by atoms with van der Waals surface area (Å²) in [6.07, 6.45) is -1.72. The molecule has 0 aliphatic rings. The first-order valence-electron chi connectivity index (χ1n) is 9.56. The molecule has 2 rings (SSSR count). The molecule has 0 spiro atoms. The molecule has 0 bridgehead atoms. The average molecular weight is 435 g/mol. The lowest BCUT2D eigenvalue weighted by Gasteiger charge is -2.21. The van der Waals surface area contributed by atoms with Crippen LogP contribution in [0, 0.1) is 5.92 Å². The SMILES string of the molecule is COc1ccc(/C=C/C(=O)N[C@@H](C(=O)OCc2ccccc2C(F)(F)F)C(C)C)cc1. The molecule has 5 nitrogen and oxygen atoms in total. The molecule has 0 aliphatic carbocycles. The highest BCUT2D eigenvalue weighted by molar-refractivity contribution is 5.94. The molecule has 0 saturated carbocycles. The Morgan fingerprint density at radius 1 is 1.06 bits per heavy atom. The van der Waals surface area contributed by atoms with Crippen LogP contribution in [-0.2, 0) is 27.1 Å². The third-order valence-electron chi connectivity index (χ3n) is 4.45. The molecule has 2 aromatic rings. The Balaban J connectivity index is 2.01. The summed E-state index contributed by atoms with van der Waals surface area (Å²) in [6, 6.07) is 10.9. The fourth-order valence-corrected chi connectivity index (χ4v) is 2.75. The van der Waals surface area contributed by atoms with Crippen LogP contribution >= 0.6 is 0 Å². The van der Waals surface area contributed by atoms with Crippen molar-refractivity contribution in [2.75, 3.05) is 7.11 Å². The molecule has 0 saturated heterocycles. The van der Waals surface area contributed by atoms with E-state index in [4.69, 9.17) is 9.47 Å². The van der Waals surface area contributed by atoms with E-state index < -0.39 is 36.3 Å². The van der Waals surface area contributed by atoms with Gasteiger partial charge in [0.15, 0.2) is 0 Å². The van der Waals surface area contributed by atoms with Crippen molar-refractivity contribution in [2.24, 2.45) is 5.92 Å². The van der Waals surface area contributed by atoms with E-state index in [1.807, 2.05) is 0 Å². The smallest absolute Gasteiger partial charge is 0.416 e. The predicted octanol–water partition coefficient (Wildman–Crippen LogP) is 4.61. The topological polar surface area (TPSA) is 64.6 Å². The number of esters is 1. The average Bonchev–Trinajstić information content (AvgIpc) is 2.74. The van der Waals surface area contributed by atoms with Gasteiger partial charge in [-0.25, -0.2) is 4.79 Å². The molecule has 31 heavy (non-hydrogen) atoms. The number of carbonyl (C=O) groups excluding carboxylic acids is 2. The molecule has 0 aliphatic heterocycles. The van der Waals surface area contributed by atoms with E-state index in [0.717, 1.165) is 11.6 Å². The molecule has 2 aromatic carbocycles. The number of nitrogens with one attached hydrogen (secondary N) is 1. The van der Waals surface area contributed by atoms with Crippen molar-refractivity contribution >= 4 is 18.0 Å². The zero-order valence-corrected chi connectivity index (χ0v) is 17.4. The number of carbonyl (C=O) groups is 2. The molecule has 0 unspecified atom stereocenters. The first-order chi connectivity index (χ1) is 14.6. The summed E-state index contributed by atoms with van der Waals surface area (Å²) in [7, 11) is 1.55. The Morgan fingerprint density at radius 3 is 2.29 bits per heavy atom. The first-order valence-corrected chi connectivity index (χ1v) is 9.56. The highest BCUT2D eigenvalue weighted by Gasteiger charge is 2.33. The number of amides is 1. The van der Waals surface area contributed by atoms with Crippen LogP contribution in [0.4, 0.5) is 13.2 Å². The minimum Gasteiger partial charge on any atom is -0.497 e. The maximum atomic E-state index is 13.1. The zero-order valence-electron chi connectivity index (χ0n) is 17.4. The van der Waals surface area contributed by atoms with Gasteiger partial charge in [0.25, 0.3) is 0 Å². The Labute approximate surface area is 178 Å². The summed E-state index contributed by atoms with van der Waals surface area (Å²) in [5, 5.41) is 2.54. The summed E-state index contributed by atoms with van der Waals surface area (Å²) < 4.78 is 49.4. The van der Waals surface area contributed by atoms with Crippen LogP contribution in [0.2, 0.25) is 0 Å². The van der Waals surface area contributed by atoms with Crippen molar-refractivity contribution < 1.29 is 32.2 Å². The van der Waals surface area contributed by atoms with Crippen molar-refractivity contribution in [2.45, 2.75) is 32.7 Å². The van der Waals surface area contributed by atoms with E-state index in [1.54, 1.807) is 51.3 Å². The van der Waals surface area contributed by atoms with Gasteiger partial charge in [-0.3, -0.25) is 4.79 Å². The summed E-state index contributed by atoms with van der Waals surface area (Å²) in [5.41, 5.74) is -0.268. The Hall–Kier alpha value is -3.29. The van der Waals surface area contributed by atoms with Gasteiger partial charge in [0.05, 0.1) is 12.7 Å². The number of hydrogen-bond donors (Lipinski definition) is 1. The highest BCUT2D eigenvalue weighted by Crippen LogP contribution is 2.32. The van der Waals surface area contributed by atoms with Crippen LogP contribution in [0.3, 0.4) is 0 Å². The number of methoxy groups -OCH3 is 1. The van der Waals surface area contributed by atoms with E-state index in [0.29, 0.717) is 5.75 Å². The summed E-state index contributed by atoms with van der Waals surface area (Å²) >= 11 is 0. The van der Waals surface area contributed by atoms with Crippen LogP contribution in [0.15, 0.2) is 54.6 Å². The van der Waals surface area contributed by atoms with Crippen molar-refractivity contribution in [3.63, 3.8) is 0 Å². The minimum atomic E-state index is -4.55. The quantitative estimate of drug-likeness (QED) is 0.486. The van der Waals surface area contributed by atoms with Crippen molar-refractivity contribution in [1.29, 1.82) is 0 Å². The second kappa shape index (κ2) is 10.7. The van der Waals surface area contributed by atoms with Crippen molar-refractivity contribution in [1.82, 2.24) is 5.32 Å². The van der Waals surface area contributed by atoms with Gasteiger partial charge in [0.2, 0.25) is 5.91 Å². The number of halogens is 3. The van der Waals surface area contributed by atoms with Crippen LogP contribution in [-0.4, -0.2) is 25.0 Å². The normalized spacial score (nSPS) is 12.6. The number of benzene rings is 2. The fourth-order valence-electron chi connectivity index (χ4n) is 2.75. The Bertz CT molecular complexity index is 921. The lowest BCUT2D eigenvalue weighted by molar-refractivity contribution is -0.151. The number of rotatable bonds is 8. The number of ether oxygens (including phenoxy) is 2. The van der Waals surface area contributed by atoms with E-state index in [2.05, 4.69) is 5.32 Å². The molecular weight excluding hydrogens is 411 g/mol. The van der Waals surface area contributed by atoms with Gasteiger partial charge in [-0.2, -0.15) is 13.2 Å². The largest absolute Gasteiger partial charge is 0.497 e. The molecule has 1 atom stereocenters. The molecule has 0 fully saturated rings. The van der Waals surface area contributed by atoms with Gasteiger partial charge in [-0.15, -0.1) is 0 Å². The molecule has 8 heteroatoms. The Kier molecular flexibility index (Phi) is 8.24. The van der Waals surface area contributed by atoms with Gasteiger partial charge in [0.1, 0.15) is 18.4 Å². The van der Waals surface area contributed by atoms with Gasteiger partial charge in [-0.1, -0.05) is 44.2 Å².